The molecule has 7 heteroatoms. The number of primary amides is 1. The standard InChI is InChI=1S/C20H25N5O.HI/c1-22-20(23-13-15-7-9-16(10-8-15)19(21)26)24-17-11-12-25(14-17)18-5-3-2-4-6-18;/h2-10,17H,11-14H2,1H3,(H2,21,26)(H2,22,23,24);1H. The zero-order chi connectivity index (χ0) is 18.4. The molecule has 27 heavy (non-hydrogen) atoms. The van der Waals surface area contributed by atoms with Gasteiger partial charge in [0, 0.05) is 44.0 Å². The van der Waals surface area contributed by atoms with Crippen LogP contribution in [0.5, 0.6) is 0 Å². The maximum Gasteiger partial charge on any atom is 0.248 e. The zero-order valence-corrected chi connectivity index (χ0v) is 17.7. The molecular weight excluding hydrogens is 453 g/mol. The van der Waals surface area contributed by atoms with Gasteiger partial charge in [-0.05, 0) is 36.2 Å². The summed E-state index contributed by atoms with van der Waals surface area (Å²) < 4.78 is 0. The smallest absolute Gasteiger partial charge is 0.248 e. The number of nitrogens with zero attached hydrogens (tertiary/aromatic N) is 2. The number of carbonyl (C=O) groups is 1. The van der Waals surface area contributed by atoms with Crippen LogP contribution in [0.2, 0.25) is 0 Å². The summed E-state index contributed by atoms with van der Waals surface area (Å²) in [4.78, 5) is 17.8. The summed E-state index contributed by atoms with van der Waals surface area (Å²) in [5.41, 5.74) is 8.11. The molecule has 2 aromatic carbocycles. The average molecular weight is 479 g/mol. The third-order valence-electron chi connectivity index (χ3n) is 4.57. The van der Waals surface area contributed by atoms with Crippen molar-refractivity contribution in [2.45, 2.75) is 19.0 Å². The molecule has 0 saturated carbocycles. The highest BCUT2D eigenvalue weighted by Crippen LogP contribution is 2.19. The van der Waals surface area contributed by atoms with Crippen molar-refractivity contribution in [3.63, 3.8) is 0 Å². The molecule has 1 saturated heterocycles. The first-order valence-electron chi connectivity index (χ1n) is 8.81. The fourth-order valence-corrected chi connectivity index (χ4v) is 3.11. The monoisotopic (exact) mass is 479 g/mol. The molecule has 144 valence electrons. The zero-order valence-electron chi connectivity index (χ0n) is 15.4. The van der Waals surface area contributed by atoms with Crippen molar-refractivity contribution in [2.24, 2.45) is 10.7 Å². The van der Waals surface area contributed by atoms with Gasteiger partial charge in [-0.1, -0.05) is 30.3 Å². The Morgan fingerprint density at radius 2 is 1.89 bits per heavy atom. The molecule has 2 aromatic rings. The third-order valence-corrected chi connectivity index (χ3v) is 4.57. The topological polar surface area (TPSA) is 82.7 Å². The summed E-state index contributed by atoms with van der Waals surface area (Å²) in [6.45, 7) is 2.62. The molecule has 1 unspecified atom stereocenters. The van der Waals surface area contributed by atoms with Gasteiger partial charge in [0.25, 0.3) is 0 Å². The van der Waals surface area contributed by atoms with Crippen molar-refractivity contribution in [3.05, 3.63) is 65.7 Å². The molecule has 1 atom stereocenters. The van der Waals surface area contributed by atoms with Crippen molar-refractivity contribution in [2.75, 3.05) is 25.0 Å². The number of halogens is 1. The van der Waals surface area contributed by atoms with Gasteiger partial charge >= 0.3 is 0 Å². The molecule has 0 bridgehead atoms. The summed E-state index contributed by atoms with van der Waals surface area (Å²) in [5.74, 6) is 0.370. The lowest BCUT2D eigenvalue weighted by atomic mass is 10.1. The van der Waals surface area contributed by atoms with E-state index in [2.05, 4.69) is 44.8 Å². The second kappa shape index (κ2) is 10.1. The summed E-state index contributed by atoms with van der Waals surface area (Å²) >= 11 is 0. The number of anilines is 1. The van der Waals surface area contributed by atoms with Crippen LogP contribution in [0.15, 0.2) is 59.6 Å². The molecule has 0 spiro atoms. The maximum atomic E-state index is 11.1. The minimum absolute atomic E-state index is 0. The molecule has 1 amide bonds. The van der Waals surface area contributed by atoms with E-state index in [-0.39, 0.29) is 24.0 Å². The van der Waals surface area contributed by atoms with Gasteiger partial charge in [0.1, 0.15) is 0 Å². The second-order valence-electron chi connectivity index (χ2n) is 6.40. The summed E-state index contributed by atoms with van der Waals surface area (Å²) in [7, 11) is 1.77. The first kappa shape index (κ1) is 21.0. The van der Waals surface area contributed by atoms with Crippen LogP contribution in [-0.2, 0) is 6.54 Å². The Morgan fingerprint density at radius 1 is 1.19 bits per heavy atom. The quantitative estimate of drug-likeness (QED) is 0.350. The number of guanidine groups is 1. The Hall–Kier alpha value is -2.29. The fourth-order valence-electron chi connectivity index (χ4n) is 3.11. The minimum Gasteiger partial charge on any atom is -0.369 e. The van der Waals surface area contributed by atoms with E-state index in [1.165, 1.54) is 5.69 Å². The second-order valence-corrected chi connectivity index (χ2v) is 6.40. The number of nitrogens with two attached hydrogens (primary N) is 1. The van der Waals surface area contributed by atoms with Crippen LogP contribution in [-0.4, -0.2) is 38.0 Å². The van der Waals surface area contributed by atoms with Crippen molar-refractivity contribution < 1.29 is 4.79 Å². The van der Waals surface area contributed by atoms with E-state index in [0.29, 0.717) is 18.2 Å². The van der Waals surface area contributed by atoms with Crippen LogP contribution in [0.4, 0.5) is 5.69 Å². The molecular formula is C20H26IN5O. The van der Waals surface area contributed by atoms with Crippen LogP contribution in [0, 0.1) is 0 Å². The number of para-hydroxylation sites is 1. The lowest BCUT2D eigenvalue weighted by molar-refractivity contribution is 0.100. The van der Waals surface area contributed by atoms with E-state index in [0.717, 1.165) is 31.0 Å². The van der Waals surface area contributed by atoms with E-state index < -0.39 is 5.91 Å². The third kappa shape index (κ3) is 5.85. The molecule has 0 radical (unpaired) electrons. The van der Waals surface area contributed by atoms with Gasteiger partial charge in [0.05, 0.1) is 0 Å². The Kier molecular flexibility index (Phi) is 7.90. The maximum absolute atomic E-state index is 11.1. The summed E-state index contributed by atoms with van der Waals surface area (Å²) in [5, 5.41) is 6.81. The Labute approximate surface area is 177 Å². The van der Waals surface area contributed by atoms with Gasteiger partial charge in [0.2, 0.25) is 5.91 Å². The minimum atomic E-state index is -0.411. The van der Waals surface area contributed by atoms with Crippen LogP contribution in [0.3, 0.4) is 0 Å². The van der Waals surface area contributed by atoms with Crippen LogP contribution in [0.1, 0.15) is 22.3 Å². The number of nitrogens with one attached hydrogen (secondary N) is 2. The molecule has 0 aromatic heterocycles. The van der Waals surface area contributed by atoms with Crippen molar-refractivity contribution in [3.8, 4) is 0 Å². The van der Waals surface area contributed by atoms with Crippen LogP contribution in [0.25, 0.3) is 0 Å². The molecule has 0 aliphatic carbocycles. The van der Waals surface area contributed by atoms with E-state index in [1.807, 2.05) is 18.2 Å². The molecule has 4 N–H and O–H groups in total. The normalized spacial score (nSPS) is 16.6. The summed E-state index contributed by atoms with van der Waals surface area (Å²) in [6, 6.07) is 18.1. The van der Waals surface area contributed by atoms with Gasteiger partial charge in [-0.3, -0.25) is 9.79 Å². The first-order chi connectivity index (χ1) is 12.7. The number of carbonyl (C=O) groups excluding carboxylic acids is 1. The molecule has 1 heterocycles. The molecule has 1 aliphatic heterocycles. The van der Waals surface area contributed by atoms with Gasteiger partial charge in [-0.2, -0.15) is 0 Å². The number of amides is 1. The van der Waals surface area contributed by atoms with Gasteiger partial charge in [-0.25, -0.2) is 0 Å². The summed E-state index contributed by atoms with van der Waals surface area (Å²) in [6.07, 6.45) is 1.07. The van der Waals surface area contributed by atoms with Gasteiger partial charge in [0.15, 0.2) is 5.96 Å². The van der Waals surface area contributed by atoms with Gasteiger partial charge < -0.3 is 21.3 Å². The first-order valence-corrected chi connectivity index (χ1v) is 8.81. The number of hydrogen-bond acceptors (Lipinski definition) is 3. The van der Waals surface area contributed by atoms with Crippen molar-refractivity contribution >= 4 is 41.5 Å². The average Bonchev–Trinajstić information content (AvgIpc) is 3.14. The highest BCUT2D eigenvalue weighted by atomic mass is 127. The highest BCUT2D eigenvalue weighted by Gasteiger charge is 2.23. The number of rotatable bonds is 5. The molecule has 6 nitrogen and oxygen atoms in total. The van der Waals surface area contributed by atoms with Crippen molar-refractivity contribution in [1.82, 2.24) is 10.6 Å². The lowest BCUT2D eigenvalue weighted by Gasteiger charge is -2.20. The van der Waals surface area contributed by atoms with Crippen molar-refractivity contribution in [1.29, 1.82) is 0 Å². The SMILES string of the molecule is CN=C(NCc1ccc(C(N)=O)cc1)NC1CCN(c2ccccc2)C1.I. The van der Waals surface area contributed by atoms with Gasteiger partial charge in [-0.15, -0.1) is 24.0 Å². The Balaban J connectivity index is 0.00000261. The van der Waals surface area contributed by atoms with E-state index >= 15 is 0 Å². The molecule has 1 fully saturated rings. The van der Waals surface area contributed by atoms with E-state index in [4.69, 9.17) is 5.73 Å². The largest absolute Gasteiger partial charge is 0.369 e. The molecule has 3 rings (SSSR count). The lowest BCUT2D eigenvalue weighted by Crippen LogP contribution is -2.44. The predicted octanol–water partition coefficient (Wildman–Crippen LogP) is 2.35. The van der Waals surface area contributed by atoms with E-state index in [1.54, 1.807) is 19.2 Å². The van der Waals surface area contributed by atoms with Crippen LogP contribution < -0.4 is 21.3 Å². The number of benzene rings is 2. The Bertz CT molecular complexity index is 764. The van der Waals surface area contributed by atoms with Crippen LogP contribution >= 0.6 is 24.0 Å². The Morgan fingerprint density at radius 3 is 2.52 bits per heavy atom. The molecule has 1 aliphatic rings. The predicted molar refractivity (Wildman–Crippen MR) is 121 cm³/mol. The number of aliphatic imine (C=N–C) groups is 1. The highest BCUT2D eigenvalue weighted by molar-refractivity contribution is 14.0. The van der Waals surface area contributed by atoms with E-state index in [9.17, 15) is 4.79 Å². The number of hydrogen-bond donors (Lipinski definition) is 3. The fraction of sp³-hybridized carbons (Fsp3) is 0.300.